The van der Waals surface area contributed by atoms with Gasteiger partial charge >= 0.3 is 5.97 Å². The highest BCUT2D eigenvalue weighted by molar-refractivity contribution is 5.75. The van der Waals surface area contributed by atoms with Crippen LogP contribution in [0.5, 0.6) is 0 Å². The second-order valence-corrected chi connectivity index (χ2v) is 6.56. The predicted molar refractivity (Wildman–Crippen MR) is 69.7 cm³/mol. The Morgan fingerprint density at radius 3 is 2.33 bits per heavy atom. The maximum Gasteiger partial charge on any atom is 0.330 e. The van der Waals surface area contributed by atoms with Crippen molar-refractivity contribution < 1.29 is 9.63 Å². The number of hydrogen-bond acceptors (Lipinski definition) is 5. The molecule has 1 N–H and O–H groups in total. The zero-order chi connectivity index (χ0) is 13.4. The van der Waals surface area contributed by atoms with Gasteiger partial charge in [0.1, 0.15) is 0 Å². The molecule has 2 rings (SSSR count). The van der Waals surface area contributed by atoms with Crippen molar-refractivity contribution in [1.29, 1.82) is 0 Å². The number of likely N-dealkylation sites (N-methyl/N-ethyl adjacent to an activating group) is 1. The third kappa shape index (κ3) is 2.68. The van der Waals surface area contributed by atoms with Gasteiger partial charge in [0.05, 0.1) is 5.41 Å². The van der Waals surface area contributed by atoms with Crippen LogP contribution in [0.2, 0.25) is 0 Å². The molecule has 0 aromatic carbocycles. The minimum Gasteiger partial charge on any atom is -0.367 e. The Hall–Kier alpha value is -0.650. The number of nitrogens with zero attached hydrogens (tertiary/aromatic N) is 2. The van der Waals surface area contributed by atoms with Gasteiger partial charge in [0.25, 0.3) is 0 Å². The highest BCUT2D eigenvalue weighted by Gasteiger charge is 2.42. The van der Waals surface area contributed by atoms with Crippen LogP contribution >= 0.6 is 0 Å². The van der Waals surface area contributed by atoms with Crippen LogP contribution in [0.4, 0.5) is 0 Å². The molecule has 0 unspecified atom stereocenters. The van der Waals surface area contributed by atoms with Crippen molar-refractivity contribution in [2.24, 2.45) is 5.41 Å². The predicted octanol–water partition coefficient (Wildman–Crippen LogP) is 0.818. The van der Waals surface area contributed by atoms with E-state index in [1.165, 1.54) is 0 Å². The largest absolute Gasteiger partial charge is 0.367 e. The first-order valence-electron chi connectivity index (χ1n) is 6.73. The van der Waals surface area contributed by atoms with Gasteiger partial charge in [-0.1, -0.05) is 0 Å². The average Bonchev–Trinajstić information content (AvgIpc) is 2.63. The van der Waals surface area contributed by atoms with Crippen molar-refractivity contribution in [3.63, 3.8) is 0 Å². The van der Waals surface area contributed by atoms with Gasteiger partial charge in [0, 0.05) is 31.8 Å². The highest BCUT2D eigenvalue weighted by Crippen LogP contribution is 2.30. The monoisotopic (exact) mass is 255 g/mol. The summed E-state index contributed by atoms with van der Waals surface area (Å²) in [6.07, 6.45) is 2.10. The molecule has 2 heterocycles. The molecular weight excluding hydrogens is 230 g/mol. The van der Waals surface area contributed by atoms with Crippen molar-refractivity contribution in [2.45, 2.75) is 39.2 Å². The van der Waals surface area contributed by atoms with Crippen LogP contribution in [0.3, 0.4) is 0 Å². The number of rotatable bonds is 1. The van der Waals surface area contributed by atoms with E-state index in [4.69, 9.17) is 4.84 Å². The fourth-order valence-corrected chi connectivity index (χ4v) is 2.57. The number of hydroxylamine groups is 2. The second kappa shape index (κ2) is 4.79. The molecule has 0 amide bonds. The summed E-state index contributed by atoms with van der Waals surface area (Å²) in [5.41, 5.74) is -0.161. The van der Waals surface area contributed by atoms with E-state index in [1.807, 2.05) is 25.8 Å². The fraction of sp³-hybridized carbons (Fsp3) is 0.923. The Bertz CT molecular complexity index is 317. The van der Waals surface area contributed by atoms with Crippen molar-refractivity contribution in [1.82, 2.24) is 15.3 Å². The molecule has 2 saturated heterocycles. The molecule has 0 radical (unpaired) electrons. The smallest absolute Gasteiger partial charge is 0.330 e. The molecule has 0 aromatic rings. The summed E-state index contributed by atoms with van der Waals surface area (Å²) in [5, 5.41) is 5.24. The summed E-state index contributed by atoms with van der Waals surface area (Å²) in [7, 11) is 2.16. The van der Waals surface area contributed by atoms with E-state index in [0.717, 1.165) is 39.1 Å². The van der Waals surface area contributed by atoms with Crippen LogP contribution in [0.1, 0.15) is 33.6 Å². The molecule has 18 heavy (non-hydrogen) atoms. The summed E-state index contributed by atoms with van der Waals surface area (Å²) < 4.78 is 0. The first kappa shape index (κ1) is 13.8. The van der Waals surface area contributed by atoms with Gasteiger partial charge in [-0.3, -0.25) is 4.90 Å². The van der Waals surface area contributed by atoms with Crippen molar-refractivity contribution in [2.75, 3.05) is 33.4 Å². The third-order valence-electron chi connectivity index (χ3n) is 4.09. The minimum atomic E-state index is -0.430. The van der Waals surface area contributed by atoms with E-state index < -0.39 is 5.41 Å². The van der Waals surface area contributed by atoms with Gasteiger partial charge in [0.2, 0.25) is 0 Å². The standard InChI is InChI=1S/C13H25N3O2/c1-12(2,3)11(17)18-16-7-5-13(6-8-16)9-14-10-15(13)4/h14H,5-10H2,1-4H3. The van der Waals surface area contributed by atoms with Gasteiger partial charge in [-0.25, -0.2) is 4.79 Å². The highest BCUT2D eigenvalue weighted by atomic mass is 16.7. The van der Waals surface area contributed by atoms with E-state index in [0.29, 0.717) is 0 Å². The van der Waals surface area contributed by atoms with E-state index >= 15 is 0 Å². The Labute approximate surface area is 109 Å². The number of carbonyl (C=O) groups excluding carboxylic acids is 1. The summed E-state index contributed by atoms with van der Waals surface area (Å²) in [4.78, 5) is 19.7. The zero-order valence-corrected chi connectivity index (χ0v) is 12.0. The Morgan fingerprint density at radius 1 is 1.28 bits per heavy atom. The van der Waals surface area contributed by atoms with Crippen LogP contribution in [-0.4, -0.2) is 54.8 Å². The minimum absolute atomic E-state index is 0.142. The third-order valence-corrected chi connectivity index (χ3v) is 4.09. The van der Waals surface area contributed by atoms with E-state index in [-0.39, 0.29) is 11.5 Å². The maximum absolute atomic E-state index is 11.8. The van der Waals surface area contributed by atoms with E-state index in [9.17, 15) is 4.79 Å². The molecular formula is C13H25N3O2. The number of nitrogens with one attached hydrogen (secondary N) is 1. The van der Waals surface area contributed by atoms with Crippen molar-refractivity contribution in [3.05, 3.63) is 0 Å². The van der Waals surface area contributed by atoms with Gasteiger partial charge in [0.15, 0.2) is 0 Å². The summed E-state index contributed by atoms with van der Waals surface area (Å²) >= 11 is 0. The normalized spacial score (nSPS) is 25.6. The second-order valence-electron chi connectivity index (χ2n) is 6.56. The molecule has 2 aliphatic heterocycles. The van der Waals surface area contributed by atoms with E-state index in [2.05, 4.69) is 17.3 Å². The quantitative estimate of drug-likeness (QED) is 0.751. The Balaban J connectivity index is 1.86. The topological polar surface area (TPSA) is 44.8 Å². The lowest BCUT2D eigenvalue weighted by Gasteiger charge is -2.42. The lowest BCUT2D eigenvalue weighted by molar-refractivity contribution is -0.208. The summed E-state index contributed by atoms with van der Waals surface area (Å²) in [5.74, 6) is -0.142. The van der Waals surface area contributed by atoms with Crippen LogP contribution in [0, 0.1) is 5.41 Å². The van der Waals surface area contributed by atoms with Crippen LogP contribution in [0.25, 0.3) is 0 Å². The van der Waals surface area contributed by atoms with Crippen LogP contribution in [-0.2, 0) is 9.63 Å². The molecule has 104 valence electrons. The van der Waals surface area contributed by atoms with Gasteiger partial charge < -0.3 is 10.2 Å². The molecule has 5 heteroatoms. The molecule has 0 aromatic heterocycles. The molecule has 0 aliphatic carbocycles. The van der Waals surface area contributed by atoms with Crippen LogP contribution in [0.15, 0.2) is 0 Å². The average molecular weight is 255 g/mol. The van der Waals surface area contributed by atoms with Crippen molar-refractivity contribution >= 4 is 5.97 Å². The van der Waals surface area contributed by atoms with Crippen molar-refractivity contribution in [3.8, 4) is 0 Å². The summed E-state index contributed by atoms with van der Waals surface area (Å²) in [6.45, 7) is 9.31. The Kier molecular flexibility index (Phi) is 3.67. The molecule has 1 spiro atoms. The number of hydrogen-bond donors (Lipinski definition) is 1. The molecule has 0 atom stereocenters. The molecule has 2 aliphatic rings. The van der Waals surface area contributed by atoms with Crippen LogP contribution < -0.4 is 5.32 Å². The van der Waals surface area contributed by atoms with Gasteiger partial charge in [-0.15, -0.1) is 5.06 Å². The lowest BCUT2D eigenvalue weighted by atomic mass is 9.88. The number of piperidine rings is 1. The molecule has 0 saturated carbocycles. The first-order valence-corrected chi connectivity index (χ1v) is 6.73. The maximum atomic E-state index is 11.8. The first-order chi connectivity index (χ1) is 8.33. The number of carbonyl (C=O) groups is 1. The SMILES string of the molecule is CN1CNCC12CCN(OC(=O)C(C)(C)C)CC2. The van der Waals surface area contributed by atoms with Gasteiger partial charge in [-0.05, 0) is 40.7 Å². The molecule has 2 fully saturated rings. The summed E-state index contributed by atoms with van der Waals surface area (Å²) in [6, 6.07) is 0. The Morgan fingerprint density at radius 2 is 1.89 bits per heavy atom. The lowest BCUT2D eigenvalue weighted by Crippen LogP contribution is -2.53. The van der Waals surface area contributed by atoms with Gasteiger partial charge in [-0.2, -0.15) is 0 Å². The molecule has 0 bridgehead atoms. The molecule has 5 nitrogen and oxygen atoms in total. The zero-order valence-electron chi connectivity index (χ0n) is 12.0. The van der Waals surface area contributed by atoms with E-state index in [1.54, 1.807) is 0 Å². The fourth-order valence-electron chi connectivity index (χ4n) is 2.57.